The number of nitrogens with zero attached hydrogens (tertiary/aromatic N) is 1. The number of aromatic nitrogens is 1. The molecule has 0 spiro atoms. The van der Waals surface area contributed by atoms with Crippen LogP contribution in [-0.4, -0.2) is 36.9 Å². The van der Waals surface area contributed by atoms with Crippen molar-refractivity contribution in [1.82, 2.24) is 10.3 Å². The summed E-state index contributed by atoms with van der Waals surface area (Å²) >= 11 is 0. The summed E-state index contributed by atoms with van der Waals surface area (Å²) in [7, 11) is 0. The van der Waals surface area contributed by atoms with Gasteiger partial charge in [-0.05, 0) is 30.7 Å². The van der Waals surface area contributed by atoms with E-state index >= 15 is 0 Å². The molecule has 0 saturated carbocycles. The number of pyridine rings is 1. The van der Waals surface area contributed by atoms with Crippen LogP contribution in [0.15, 0.2) is 12.3 Å². The third-order valence-corrected chi connectivity index (χ3v) is 4.66. The Balaban J connectivity index is 1.40. The highest BCUT2D eigenvalue weighted by Crippen LogP contribution is 2.30. The quantitative estimate of drug-likeness (QED) is 0.889. The monoisotopic (exact) mass is 333 g/mol. The number of rotatable bonds is 4. The molecule has 1 fully saturated rings. The molecule has 0 radical (unpaired) electrons. The van der Waals surface area contributed by atoms with Crippen molar-refractivity contribution in [2.45, 2.75) is 52.2 Å². The maximum Gasteiger partial charge on any atom is 0.319 e. The van der Waals surface area contributed by atoms with Gasteiger partial charge in [-0.2, -0.15) is 0 Å². The van der Waals surface area contributed by atoms with E-state index in [4.69, 9.17) is 9.47 Å². The number of amides is 2. The summed E-state index contributed by atoms with van der Waals surface area (Å²) in [6, 6.07) is 1.73. The van der Waals surface area contributed by atoms with Crippen LogP contribution in [0.2, 0.25) is 0 Å². The number of fused-ring (bicyclic) bond motifs is 1. The zero-order valence-electron chi connectivity index (χ0n) is 14.6. The van der Waals surface area contributed by atoms with Crippen molar-refractivity contribution in [2.75, 3.05) is 25.1 Å². The zero-order valence-corrected chi connectivity index (χ0v) is 14.6. The van der Waals surface area contributed by atoms with Gasteiger partial charge in [-0.15, -0.1) is 0 Å². The van der Waals surface area contributed by atoms with E-state index < -0.39 is 0 Å². The summed E-state index contributed by atoms with van der Waals surface area (Å²) in [6.45, 7) is 7.15. The lowest BCUT2D eigenvalue weighted by atomic mass is 9.85. The maximum atomic E-state index is 12.0. The number of carbonyl (C=O) groups is 1. The summed E-state index contributed by atoms with van der Waals surface area (Å²) < 4.78 is 11.3. The fourth-order valence-corrected chi connectivity index (χ4v) is 3.11. The lowest BCUT2D eigenvalue weighted by molar-refractivity contribution is -0.0505. The number of ether oxygens (including phenoxy) is 2. The summed E-state index contributed by atoms with van der Waals surface area (Å²) in [5.74, 6) is 0. The fourth-order valence-electron chi connectivity index (χ4n) is 3.11. The van der Waals surface area contributed by atoms with Crippen molar-refractivity contribution in [2.24, 2.45) is 5.41 Å². The minimum atomic E-state index is -0.204. The molecule has 1 saturated heterocycles. The molecule has 0 aliphatic carbocycles. The number of urea groups is 1. The summed E-state index contributed by atoms with van der Waals surface area (Å²) in [4.78, 5) is 16.4. The highest BCUT2D eigenvalue weighted by atomic mass is 16.5. The van der Waals surface area contributed by atoms with Crippen LogP contribution in [0.4, 0.5) is 10.5 Å². The molecule has 132 valence electrons. The van der Waals surface area contributed by atoms with E-state index in [2.05, 4.69) is 29.5 Å². The number of hydrogen-bond acceptors (Lipinski definition) is 4. The van der Waals surface area contributed by atoms with Crippen molar-refractivity contribution in [3.05, 3.63) is 23.5 Å². The smallest absolute Gasteiger partial charge is 0.319 e. The van der Waals surface area contributed by atoms with Gasteiger partial charge < -0.3 is 20.1 Å². The zero-order chi connectivity index (χ0) is 17.0. The first-order valence-corrected chi connectivity index (χ1v) is 8.74. The molecule has 1 unspecified atom stereocenters. The molecule has 1 aromatic heterocycles. The molecule has 1 aromatic rings. The Bertz CT molecular complexity index is 579. The van der Waals surface area contributed by atoms with Crippen LogP contribution in [0.1, 0.15) is 44.4 Å². The average molecular weight is 333 g/mol. The topological polar surface area (TPSA) is 72.5 Å². The van der Waals surface area contributed by atoms with E-state index in [0.29, 0.717) is 25.4 Å². The molecule has 6 nitrogen and oxygen atoms in total. The van der Waals surface area contributed by atoms with Crippen molar-refractivity contribution in [3.8, 4) is 0 Å². The molecule has 2 aliphatic rings. The third-order valence-electron chi connectivity index (χ3n) is 4.66. The second kappa shape index (κ2) is 7.49. The van der Waals surface area contributed by atoms with Crippen LogP contribution in [-0.2, 0) is 22.5 Å². The minimum Gasteiger partial charge on any atom is -0.378 e. The lowest BCUT2D eigenvalue weighted by Crippen LogP contribution is -2.35. The first-order chi connectivity index (χ1) is 11.5. The first-order valence-electron chi connectivity index (χ1n) is 8.74. The summed E-state index contributed by atoms with van der Waals surface area (Å²) in [5.41, 5.74) is 3.10. The maximum absolute atomic E-state index is 12.0. The molecule has 6 heteroatoms. The Hall–Kier alpha value is -1.66. The highest BCUT2D eigenvalue weighted by Gasteiger charge is 2.27. The van der Waals surface area contributed by atoms with E-state index in [0.717, 1.165) is 37.1 Å². The molecule has 3 rings (SSSR count). The molecule has 0 bridgehead atoms. The predicted octanol–water partition coefficient (Wildman–Crippen LogP) is 2.87. The first kappa shape index (κ1) is 17.2. The van der Waals surface area contributed by atoms with E-state index in [1.807, 2.05) is 6.07 Å². The Labute approximate surface area is 143 Å². The molecule has 2 amide bonds. The predicted molar refractivity (Wildman–Crippen MR) is 92.0 cm³/mol. The van der Waals surface area contributed by atoms with Gasteiger partial charge in [0.25, 0.3) is 0 Å². The van der Waals surface area contributed by atoms with E-state index in [-0.39, 0.29) is 17.6 Å². The highest BCUT2D eigenvalue weighted by molar-refractivity contribution is 5.89. The molecular weight excluding hydrogens is 306 g/mol. The van der Waals surface area contributed by atoms with Crippen LogP contribution < -0.4 is 10.6 Å². The van der Waals surface area contributed by atoms with E-state index in [9.17, 15) is 4.79 Å². The number of carbonyl (C=O) groups excluding carboxylic acids is 1. The van der Waals surface area contributed by atoms with Gasteiger partial charge >= 0.3 is 6.03 Å². The van der Waals surface area contributed by atoms with Gasteiger partial charge in [-0.1, -0.05) is 13.8 Å². The number of hydrogen-bond donors (Lipinski definition) is 2. The van der Waals surface area contributed by atoms with Gasteiger partial charge in [0.1, 0.15) is 0 Å². The molecule has 1 atom stereocenters. The van der Waals surface area contributed by atoms with Crippen LogP contribution >= 0.6 is 0 Å². The average Bonchev–Trinajstić information content (AvgIpc) is 2.56. The van der Waals surface area contributed by atoms with Gasteiger partial charge in [0.2, 0.25) is 0 Å². The standard InChI is InChI=1S/C18H27N3O3/c1-18(2)6-3-15(24-12-18)4-7-19-17(22)21-14-9-13-11-23-8-5-16(13)20-10-14/h9-10,15H,3-8,11-12H2,1-2H3,(H2,19,21,22). The van der Waals surface area contributed by atoms with Crippen LogP contribution in [0.3, 0.4) is 0 Å². The van der Waals surface area contributed by atoms with Crippen LogP contribution in [0.25, 0.3) is 0 Å². The van der Waals surface area contributed by atoms with Crippen molar-refractivity contribution in [1.29, 1.82) is 0 Å². The number of nitrogens with one attached hydrogen (secondary N) is 2. The Morgan fingerprint density at radius 1 is 1.46 bits per heavy atom. The largest absolute Gasteiger partial charge is 0.378 e. The van der Waals surface area contributed by atoms with Crippen molar-refractivity contribution in [3.63, 3.8) is 0 Å². The van der Waals surface area contributed by atoms with Gasteiger partial charge in [-0.25, -0.2) is 4.79 Å². The molecule has 2 aliphatic heterocycles. The second-order valence-corrected chi connectivity index (χ2v) is 7.44. The van der Waals surface area contributed by atoms with Crippen molar-refractivity contribution < 1.29 is 14.3 Å². The normalized spacial score (nSPS) is 22.5. The summed E-state index contributed by atoms with van der Waals surface area (Å²) in [5, 5.41) is 5.72. The van der Waals surface area contributed by atoms with Crippen LogP contribution in [0.5, 0.6) is 0 Å². The SMILES string of the molecule is CC1(C)CCC(CCNC(=O)Nc2cnc3c(c2)COCC3)OC1. The van der Waals surface area contributed by atoms with Gasteiger partial charge in [-0.3, -0.25) is 4.98 Å². The van der Waals surface area contributed by atoms with Gasteiger partial charge in [0.15, 0.2) is 0 Å². The minimum absolute atomic E-state index is 0.204. The van der Waals surface area contributed by atoms with E-state index in [1.54, 1.807) is 6.20 Å². The second-order valence-electron chi connectivity index (χ2n) is 7.44. The van der Waals surface area contributed by atoms with Gasteiger partial charge in [0, 0.05) is 24.2 Å². The molecule has 3 heterocycles. The third kappa shape index (κ3) is 4.68. The molecule has 2 N–H and O–H groups in total. The van der Waals surface area contributed by atoms with Crippen molar-refractivity contribution >= 4 is 11.7 Å². The summed E-state index contributed by atoms with van der Waals surface area (Å²) in [6.07, 6.45) is 5.87. The lowest BCUT2D eigenvalue weighted by Gasteiger charge is -2.34. The molecule has 24 heavy (non-hydrogen) atoms. The molecule has 0 aromatic carbocycles. The number of anilines is 1. The van der Waals surface area contributed by atoms with Gasteiger partial charge in [0.05, 0.1) is 37.8 Å². The Kier molecular flexibility index (Phi) is 5.36. The Morgan fingerprint density at radius 3 is 3.12 bits per heavy atom. The van der Waals surface area contributed by atoms with E-state index in [1.165, 1.54) is 6.42 Å². The Morgan fingerprint density at radius 2 is 2.33 bits per heavy atom. The fraction of sp³-hybridized carbons (Fsp3) is 0.667. The molecular formula is C18H27N3O3. The van der Waals surface area contributed by atoms with Crippen LogP contribution in [0, 0.1) is 5.41 Å².